The smallest absolute Gasteiger partial charge is 0.191 e. The molecule has 1 aromatic heterocycles. The second-order valence-corrected chi connectivity index (χ2v) is 5.31. The molecule has 6 heteroatoms. The van der Waals surface area contributed by atoms with Gasteiger partial charge in [-0.3, -0.25) is 4.68 Å². The third-order valence-corrected chi connectivity index (χ3v) is 3.55. The third kappa shape index (κ3) is 4.74. The van der Waals surface area contributed by atoms with Crippen LogP contribution in [0.3, 0.4) is 0 Å². The lowest BCUT2D eigenvalue weighted by Gasteiger charge is -2.12. The Morgan fingerprint density at radius 2 is 2.13 bits per heavy atom. The van der Waals surface area contributed by atoms with Crippen LogP contribution in [0.15, 0.2) is 35.5 Å². The maximum absolute atomic E-state index is 5.43. The molecule has 124 valence electrons. The Kier molecular flexibility index (Phi) is 6.02. The van der Waals surface area contributed by atoms with Crippen molar-refractivity contribution in [1.29, 1.82) is 0 Å². The topological polar surface area (TPSA) is 63.5 Å². The summed E-state index contributed by atoms with van der Waals surface area (Å²) in [5, 5.41) is 10.7. The van der Waals surface area contributed by atoms with Crippen molar-refractivity contribution in [3.8, 4) is 5.75 Å². The standard InChI is InChI=1S/C17H25N5O/c1-5-18-17(20-12-15-8-9-21-22(15)3)19-11-14-7-6-13(2)10-16(14)23-4/h6-10H,5,11-12H2,1-4H3,(H2,18,19,20). The fourth-order valence-electron chi connectivity index (χ4n) is 2.24. The zero-order valence-corrected chi connectivity index (χ0v) is 14.3. The van der Waals surface area contributed by atoms with Crippen LogP contribution < -0.4 is 15.4 Å². The minimum Gasteiger partial charge on any atom is -0.496 e. The number of nitrogens with one attached hydrogen (secondary N) is 2. The van der Waals surface area contributed by atoms with Gasteiger partial charge >= 0.3 is 0 Å². The second kappa shape index (κ2) is 8.22. The van der Waals surface area contributed by atoms with E-state index in [0.717, 1.165) is 29.5 Å². The molecule has 0 spiro atoms. The zero-order valence-electron chi connectivity index (χ0n) is 14.3. The number of rotatable bonds is 6. The highest BCUT2D eigenvalue weighted by Gasteiger charge is 2.05. The van der Waals surface area contributed by atoms with Gasteiger partial charge in [0.25, 0.3) is 0 Å². The predicted octanol–water partition coefficient (Wildman–Crippen LogP) is 1.99. The van der Waals surface area contributed by atoms with Crippen LogP contribution in [0.25, 0.3) is 0 Å². The summed E-state index contributed by atoms with van der Waals surface area (Å²) < 4.78 is 7.28. The minimum atomic E-state index is 0.560. The van der Waals surface area contributed by atoms with Crippen molar-refractivity contribution in [3.63, 3.8) is 0 Å². The van der Waals surface area contributed by atoms with Gasteiger partial charge < -0.3 is 15.4 Å². The molecule has 0 saturated heterocycles. The summed E-state index contributed by atoms with van der Waals surface area (Å²) in [6.45, 7) is 6.14. The van der Waals surface area contributed by atoms with Crippen LogP contribution in [0, 0.1) is 6.92 Å². The van der Waals surface area contributed by atoms with Gasteiger partial charge in [0, 0.05) is 25.4 Å². The summed E-state index contributed by atoms with van der Waals surface area (Å²) in [5.74, 6) is 1.65. The third-order valence-electron chi connectivity index (χ3n) is 3.55. The minimum absolute atomic E-state index is 0.560. The summed E-state index contributed by atoms with van der Waals surface area (Å²) in [6, 6.07) is 8.14. The van der Waals surface area contributed by atoms with E-state index in [1.165, 1.54) is 5.56 Å². The van der Waals surface area contributed by atoms with Crippen LogP contribution in [0.5, 0.6) is 5.75 Å². The molecule has 0 aliphatic rings. The van der Waals surface area contributed by atoms with Crippen molar-refractivity contribution in [2.45, 2.75) is 26.9 Å². The highest BCUT2D eigenvalue weighted by atomic mass is 16.5. The van der Waals surface area contributed by atoms with E-state index in [4.69, 9.17) is 4.74 Å². The highest BCUT2D eigenvalue weighted by Crippen LogP contribution is 2.20. The van der Waals surface area contributed by atoms with E-state index in [-0.39, 0.29) is 0 Å². The van der Waals surface area contributed by atoms with E-state index in [9.17, 15) is 0 Å². The van der Waals surface area contributed by atoms with Crippen LogP contribution in [-0.4, -0.2) is 29.4 Å². The molecule has 23 heavy (non-hydrogen) atoms. The molecule has 0 atom stereocenters. The number of methoxy groups -OCH3 is 1. The summed E-state index contributed by atoms with van der Waals surface area (Å²) in [5.41, 5.74) is 3.34. The van der Waals surface area contributed by atoms with E-state index in [1.807, 2.05) is 30.8 Å². The quantitative estimate of drug-likeness (QED) is 0.632. The van der Waals surface area contributed by atoms with Crippen molar-refractivity contribution in [2.75, 3.05) is 13.7 Å². The molecule has 2 N–H and O–H groups in total. The number of benzene rings is 1. The fourth-order valence-corrected chi connectivity index (χ4v) is 2.24. The number of ether oxygens (including phenoxy) is 1. The molecule has 0 aliphatic heterocycles. The Bertz CT molecular complexity index is 663. The van der Waals surface area contributed by atoms with Gasteiger partial charge in [0.15, 0.2) is 5.96 Å². The van der Waals surface area contributed by atoms with E-state index in [1.54, 1.807) is 13.3 Å². The number of hydrogen-bond acceptors (Lipinski definition) is 3. The maximum atomic E-state index is 5.43. The van der Waals surface area contributed by atoms with E-state index < -0.39 is 0 Å². The van der Waals surface area contributed by atoms with Gasteiger partial charge in [0.1, 0.15) is 5.75 Å². The van der Waals surface area contributed by atoms with Crippen LogP contribution in [0.2, 0.25) is 0 Å². The molecule has 2 aromatic rings. The highest BCUT2D eigenvalue weighted by molar-refractivity contribution is 5.79. The Hall–Kier alpha value is -2.50. The van der Waals surface area contributed by atoms with E-state index in [2.05, 4.69) is 39.8 Å². The first-order chi connectivity index (χ1) is 11.1. The lowest BCUT2D eigenvalue weighted by molar-refractivity contribution is 0.409. The number of aromatic nitrogens is 2. The Morgan fingerprint density at radius 3 is 2.78 bits per heavy atom. The van der Waals surface area contributed by atoms with E-state index >= 15 is 0 Å². The zero-order chi connectivity index (χ0) is 16.7. The molecule has 1 aromatic carbocycles. The predicted molar refractivity (Wildman–Crippen MR) is 92.6 cm³/mol. The van der Waals surface area contributed by atoms with Gasteiger partial charge in [-0.15, -0.1) is 0 Å². The van der Waals surface area contributed by atoms with Gasteiger partial charge in [0.2, 0.25) is 0 Å². The lowest BCUT2D eigenvalue weighted by Crippen LogP contribution is -2.37. The van der Waals surface area contributed by atoms with Crippen molar-refractivity contribution >= 4 is 5.96 Å². The van der Waals surface area contributed by atoms with Gasteiger partial charge in [-0.2, -0.15) is 5.10 Å². The number of aliphatic imine (C=N–C) groups is 1. The first-order valence-corrected chi connectivity index (χ1v) is 7.76. The molecule has 0 fully saturated rings. The monoisotopic (exact) mass is 315 g/mol. The molecule has 2 rings (SSSR count). The molecular formula is C17H25N5O. The van der Waals surface area contributed by atoms with E-state index in [0.29, 0.717) is 13.1 Å². The summed E-state index contributed by atoms with van der Waals surface area (Å²) in [7, 11) is 3.62. The van der Waals surface area contributed by atoms with Crippen LogP contribution in [0.1, 0.15) is 23.7 Å². The van der Waals surface area contributed by atoms with Crippen molar-refractivity contribution in [3.05, 3.63) is 47.3 Å². The van der Waals surface area contributed by atoms with Crippen molar-refractivity contribution < 1.29 is 4.74 Å². The average Bonchev–Trinajstić information content (AvgIpc) is 2.96. The molecule has 0 unspecified atom stereocenters. The molecular weight excluding hydrogens is 290 g/mol. The van der Waals surface area contributed by atoms with Gasteiger partial charge in [-0.25, -0.2) is 4.99 Å². The lowest BCUT2D eigenvalue weighted by atomic mass is 10.1. The Labute approximate surface area is 137 Å². The molecule has 1 heterocycles. The molecule has 0 amide bonds. The number of hydrogen-bond donors (Lipinski definition) is 2. The van der Waals surface area contributed by atoms with Gasteiger partial charge in [-0.05, 0) is 31.5 Å². The summed E-state index contributed by atoms with van der Waals surface area (Å²) >= 11 is 0. The van der Waals surface area contributed by atoms with Crippen LogP contribution >= 0.6 is 0 Å². The average molecular weight is 315 g/mol. The fraction of sp³-hybridized carbons (Fsp3) is 0.412. The van der Waals surface area contributed by atoms with Crippen molar-refractivity contribution in [1.82, 2.24) is 20.4 Å². The molecule has 0 bridgehead atoms. The number of nitrogens with zero attached hydrogens (tertiary/aromatic N) is 3. The Morgan fingerprint density at radius 1 is 1.30 bits per heavy atom. The number of guanidine groups is 1. The summed E-state index contributed by atoms with van der Waals surface area (Å²) in [4.78, 5) is 4.64. The largest absolute Gasteiger partial charge is 0.496 e. The number of aryl methyl sites for hydroxylation is 2. The first-order valence-electron chi connectivity index (χ1n) is 7.76. The molecule has 0 radical (unpaired) electrons. The molecule has 0 saturated carbocycles. The van der Waals surface area contributed by atoms with Gasteiger partial charge in [0.05, 0.1) is 25.9 Å². The maximum Gasteiger partial charge on any atom is 0.191 e. The Balaban J connectivity index is 2.05. The molecule has 6 nitrogen and oxygen atoms in total. The second-order valence-electron chi connectivity index (χ2n) is 5.31. The SMILES string of the molecule is CCNC(=NCc1ccc(C)cc1OC)NCc1ccnn1C. The van der Waals surface area contributed by atoms with Gasteiger partial charge in [-0.1, -0.05) is 12.1 Å². The van der Waals surface area contributed by atoms with Crippen LogP contribution in [0.4, 0.5) is 0 Å². The molecule has 0 aliphatic carbocycles. The first kappa shape index (κ1) is 16.9. The van der Waals surface area contributed by atoms with Crippen LogP contribution in [-0.2, 0) is 20.1 Å². The normalized spacial score (nSPS) is 11.4. The summed E-state index contributed by atoms with van der Waals surface area (Å²) in [6.07, 6.45) is 1.79. The van der Waals surface area contributed by atoms with Crippen molar-refractivity contribution in [2.24, 2.45) is 12.0 Å².